The Kier molecular flexibility index (Phi) is 1.98. The maximum atomic E-state index is 12.1. The number of hydrogen-bond donors (Lipinski definition) is 0. The van der Waals surface area contributed by atoms with Gasteiger partial charge in [-0.1, -0.05) is 26.3 Å². The number of allylic oxidation sites excluding steroid dienone is 2. The van der Waals surface area contributed by atoms with Crippen LogP contribution in [0.2, 0.25) is 0 Å². The molecule has 88 valence electrons. The topological polar surface area (TPSA) is 17.1 Å². The molecule has 0 heterocycles. The van der Waals surface area contributed by atoms with Crippen LogP contribution in [0.25, 0.3) is 0 Å². The standard InChI is InChI=1S/C15H22O/c1-8-5-6-10-9(2)12(16)7-11-14(13(8)10)15(11,3)4/h8,11,13-14H,5-7H2,1-4H3/t8-,11-,13?,14-/m0/s1. The minimum Gasteiger partial charge on any atom is -0.295 e. The average Bonchev–Trinajstić information content (AvgIpc) is 2.58. The third-order valence-electron chi connectivity index (χ3n) is 5.72. The van der Waals surface area contributed by atoms with Gasteiger partial charge in [0.25, 0.3) is 0 Å². The molecule has 0 N–H and O–H groups in total. The predicted molar refractivity (Wildman–Crippen MR) is 65.0 cm³/mol. The number of carbonyl (C=O) groups is 1. The zero-order valence-electron chi connectivity index (χ0n) is 10.8. The molecule has 0 aromatic carbocycles. The highest BCUT2D eigenvalue weighted by molar-refractivity contribution is 5.96. The molecule has 1 heteroatoms. The Balaban J connectivity index is 2.06. The van der Waals surface area contributed by atoms with Crippen LogP contribution < -0.4 is 0 Å². The fourth-order valence-electron chi connectivity index (χ4n) is 4.50. The van der Waals surface area contributed by atoms with Gasteiger partial charge in [0.1, 0.15) is 0 Å². The van der Waals surface area contributed by atoms with E-state index >= 15 is 0 Å². The SMILES string of the molecule is CC1=C2CC[C@H](C)C2[C@@H]2[C@H](CC1=O)C2(C)C. The van der Waals surface area contributed by atoms with Crippen LogP contribution in [0.3, 0.4) is 0 Å². The highest BCUT2D eigenvalue weighted by Crippen LogP contribution is 2.69. The number of fused-ring (bicyclic) bond motifs is 3. The van der Waals surface area contributed by atoms with Gasteiger partial charge in [-0.15, -0.1) is 0 Å². The normalized spacial score (nSPS) is 45.1. The van der Waals surface area contributed by atoms with Crippen LogP contribution in [0.4, 0.5) is 0 Å². The number of rotatable bonds is 0. The van der Waals surface area contributed by atoms with E-state index in [1.54, 1.807) is 0 Å². The molecule has 0 saturated heterocycles. The number of Topliss-reactive ketones (excluding diaryl/α,β-unsaturated/α-hetero) is 1. The van der Waals surface area contributed by atoms with Crippen LogP contribution in [0.1, 0.15) is 47.0 Å². The van der Waals surface area contributed by atoms with Crippen molar-refractivity contribution in [3.8, 4) is 0 Å². The van der Waals surface area contributed by atoms with Crippen LogP contribution in [0, 0.1) is 29.1 Å². The first-order valence-electron chi connectivity index (χ1n) is 6.67. The second-order valence-corrected chi connectivity index (χ2v) is 6.77. The van der Waals surface area contributed by atoms with Gasteiger partial charge in [0.2, 0.25) is 0 Å². The molecule has 1 unspecified atom stereocenters. The van der Waals surface area contributed by atoms with Gasteiger partial charge < -0.3 is 0 Å². The second-order valence-electron chi connectivity index (χ2n) is 6.77. The monoisotopic (exact) mass is 218 g/mol. The van der Waals surface area contributed by atoms with Crippen LogP contribution in [0.5, 0.6) is 0 Å². The zero-order chi connectivity index (χ0) is 11.7. The van der Waals surface area contributed by atoms with E-state index in [9.17, 15) is 4.79 Å². The summed E-state index contributed by atoms with van der Waals surface area (Å²) in [5, 5.41) is 0. The van der Waals surface area contributed by atoms with E-state index in [1.807, 2.05) is 0 Å². The maximum absolute atomic E-state index is 12.1. The Labute approximate surface area is 98.3 Å². The van der Waals surface area contributed by atoms with Gasteiger partial charge in [-0.2, -0.15) is 0 Å². The van der Waals surface area contributed by atoms with Crippen molar-refractivity contribution in [3.63, 3.8) is 0 Å². The van der Waals surface area contributed by atoms with E-state index in [0.717, 1.165) is 29.7 Å². The van der Waals surface area contributed by atoms with Gasteiger partial charge >= 0.3 is 0 Å². The van der Waals surface area contributed by atoms with Gasteiger partial charge in [0.15, 0.2) is 5.78 Å². The first kappa shape index (κ1) is 10.6. The smallest absolute Gasteiger partial charge is 0.158 e. The molecule has 2 saturated carbocycles. The summed E-state index contributed by atoms with van der Waals surface area (Å²) < 4.78 is 0. The predicted octanol–water partition coefficient (Wildman–Crippen LogP) is 3.59. The third-order valence-corrected chi connectivity index (χ3v) is 5.72. The summed E-state index contributed by atoms with van der Waals surface area (Å²) in [6, 6.07) is 0. The van der Waals surface area contributed by atoms with E-state index in [0.29, 0.717) is 17.1 Å². The minimum atomic E-state index is 0.422. The summed E-state index contributed by atoms with van der Waals surface area (Å²) in [6.45, 7) is 9.17. The van der Waals surface area contributed by atoms with Crippen LogP contribution >= 0.6 is 0 Å². The molecule has 0 aromatic rings. The van der Waals surface area contributed by atoms with E-state index < -0.39 is 0 Å². The molecule has 0 aromatic heterocycles. The van der Waals surface area contributed by atoms with E-state index in [2.05, 4.69) is 27.7 Å². The van der Waals surface area contributed by atoms with Crippen molar-refractivity contribution in [3.05, 3.63) is 11.1 Å². The fraction of sp³-hybridized carbons (Fsp3) is 0.800. The molecule has 0 bridgehead atoms. The van der Waals surface area contributed by atoms with Crippen molar-refractivity contribution < 1.29 is 4.79 Å². The lowest BCUT2D eigenvalue weighted by molar-refractivity contribution is -0.116. The Morgan fingerprint density at radius 1 is 1.31 bits per heavy atom. The molecule has 3 aliphatic rings. The molecule has 0 radical (unpaired) electrons. The summed E-state index contributed by atoms with van der Waals surface area (Å²) in [6.07, 6.45) is 3.29. The minimum absolute atomic E-state index is 0.422. The Morgan fingerprint density at radius 2 is 2.00 bits per heavy atom. The lowest BCUT2D eigenvalue weighted by atomic mass is 9.84. The highest BCUT2D eigenvalue weighted by atomic mass is 16.1. The third kappa shape index (κ3) is 1.15. The van der Waals surface area contributed by atoms with Crippen molar-refractivity contribution in [1.82, 2.24) is 0 Å². The van der Waals surface area contributed by atoms with E-state index in [1.165, 1.54) is 18.4 Å². The van der Waals surface area contributed by atoms with Crippen molar-refractivity contribution in [2.24, 2.45) is 29.1 Å². The van der Waals surface area contributed by atoms with Gasteiger partial charge in [0.05, 0.1) is 0 Å². The summed E-state index contributed by atoms with van der Waals surface area (Å²) >= 11 is 0. The molecule has 2 fully saturated rings. The molecule has 0 amide bonds. The summed E-state index contributed by atoms with van der Waals surface area (Å²) in [5.74, 6) is 3.42. The van der Waals surface area contributed by atoms with Crippen LogP contribution in [-0.2, 0) is 4.79 Å². The molecular formula is C15H22O. The Hall–Kier alpha value is -0.590. The van der Waals surface area contributed by atoms with E-state index in [4.69, 9.17) is 0 Å². The van der Waals surface area contributed by atoms with Crippen LogP contribution in [-0.4, -0.2) is 5.78 Å². The second kappa shape index (κ2) is 3.00. The Morgan fingerprint density at radius 3 is 2.69 bits per heavy atom. The summed E-state index contributed by atoms with van der Waals surface area (Å²) in [7, 11) is 0. The van der Waals surface area contributed by atoms with Gasteiger partial charge in [-0.05, 0) is 54.4 Å². The van der Waals surface area contributed by atoms with Crippen molar-refractivity contribution in [1.29, 1.82) is 0 Å². The fourth-order valence-corrected chi connectivity index (χ4v) is 4.50. The number of carbonyl (C=O) groups excluding carboxylic acids is 1. The molecule has 3 rings (SSSR count). The number of hydrogen-bond acceptors (Lipinski definition) is 1. The van der Waals surface area contributed by atoms with Gasteiger partial charge in [-0.3, -0.25) is 4.79 Å². The first-order valence-corrected chi connectivity index (χ1v) is 6.67. The molecule has 16 heavy (non-hydrogen) atoms. The maximum Gasteiger partial charge on any atom is 0.158 e. The van der Waals surface area contributed by atoms with Crippen molar-refractivity contribution in [2.45, 2.75) is 47.0 Å². The highest BCUT2D eigenvalue weighted by Gasteiger charge is 2.64. The quantitative estimate of drug-likeness (QED) is 0.607. The van der Waals surface area contributed by atoms with Gasteiger partial charge in [-0.25, -0.2) is 0 Å². The summed E-state index contributed by atoms with van der Waals surface area (Å²) in [5.41, 5.74) is 3.07. The lowest BCUT2D eigenvalue weighted by Gasteiger charge is -2.20. The number of ketones is 1. The molecular weight excluding hydrogens is 196 g/mol. The average molecular weight is 218 g/mol. The Bertz CT molecular complexity index is 388. The largest absolute Gasteiger partial charge is 0.295 e. The lowest BCUT2D eigenvalue weighted by Crippen LogP contribution is -2.14. The first-order chi connectivity index (χ1) is 7.44. The molecule has 4 atom stereocenters. The van der Waals surface area contributed by atoms with Gasteiger partial charge in [0, 0.05) is 6.42 Å². The molecule has 1 nitrogen and oxygen atoms in total. The molecule has 0 spiro atoms. The van der Waals surface area contributed by atoms with Crippen molar-refractivity contribution in [2.75, 3.05) is 0 Å². The van der Waals surface area contributed by atoms with E-state index in [-0.39, 0.29) is 0 Å². The molecule has 0 aliphatic heterocycles. The van der Waals surface area contributed by atoms with Crippen molar-refractivity contribution >= 4 is 5.78 Å². The summed E-state index contributed by atoms with van der Waals surface area (Å²) in [4.78, 5) is 12.1. The zero-order valence-corrected chi connectivity index (χ0v) is 10.8. The molecule has 3 aliphatic carbocycles. The van der Waals surface area contributed by atoms with Crippen LogP contribution in [0.15, 0.2) is 11.1 Å².